The van der Waals surface area contributed by atoms with Gasteiger partial charge < -0.3 is 15.2 Å². The van der Waals surface area contributed by atoms with Gasteiger partial charge >= 0.3 is 5.97 Å². The summed E-state index contributed by atoms with van der Waals surface area (Å²) in [6, 6.07) is 29.5. The molecule has 212 valence electrons. The van der Waals surface area contributed by atoms with Gasteiger partial charge in [0, 0.05) is 36.0 Å². The maximum absolute atomic E-state index is 12.5. The zero-order valence-corrected chi connectivity index (χ0v) is 24.1. The third-order valence-electron chi connectivity index (χ3n) is 6.86. The Morgan fingerprint density at radius 1 is 0.857 bits per heavy atom. The van der Waals surface area contributed by atoms with Gasteiger partial charge in [0.25, 0.3) is 5.91 Å². The molecule has 2 heterocycles. The van der Waals surface area contributed by atoms with Crippen LogP contribution >= 0.6 is 11.3 Å². The van der Waals surface area contributed by atoms with Crippen LogP contribution in [0.5, 0.6) is 5.75 Å². The lowest BCUT2D eigenvalue weighted by molar-refractivity contribution is -0.136. The monoisotopic (exact) mass is 577 g/mol. The highest BCUT2D eigenvalue weighted by atomic mass is 32.1. The second-order valence-corrected chi connectivity index (χ2v) is 11.0. The van der Waals surface area contributed by atoms with E-state index in [2.05, 4.69) is 53.6 Å². The fourth-order valence-corrected chi connectivity index (χ4v) is 5.56. The first-order valence-electron chi connectivity index (χ1n) is 13.7. The average Bonchev–Trinajstić information content (AvgIpc) is 3.40. The molecule has 1 amide bonds. The molecule has 2 N–H and O–H groups in total. The predicted molar refractivity (Wildman–Crippen MR) is 165 cm³/mol. The third-order valence-corrected chi connectivity index (χ3v) is 7.92. The van der Waals surface area contributed by atoms with E-state index in [1.165, 1.54) is 11.1 Å². The molecule has 0 fully saturated rings. The highest BCUT2D eigenvalue weighted by Crippen LogP contribution is 2.30. The number of thiazole rings is 1. The number of hydrogen-bond acceptors (Lipinski definition) is 6. The SMILES string of the molecule is Cc1sc(-c2ccc(-c3ccccc3)cc2)nc1CCOc1ccc(CCC(=O)O)c(CNC(=O)c2ccccn2)c1. The van der Waals surface area contributed by atoms with Crippen LogP contribution in [0.3, 0.4) is 0 Å². The van der Waals surface area contributed by atoms with Crippen molar-refractivity contribution in [1.29, 1.82) is 0 Å². The standard InChI is InChI=1S/C34H31N3O4S/c1-23-30(37-34(42-23)27-12-10-25(11-13-27)24-7-3-2-4-8-24)18-20-41-29-16-14-26(15-17-32(38)39)28(21-29)22-36-33(40)31-9-5-6-19-35-31/h2-14,16,19,21H,15,17-18,20,22H2,1H3,(H,36,40)(H,38,39). The summed E-state index contributed by atoms with van der Waals surface area (Å²) < 4.78 is 6.08. The Morgan fingerprint density at radius 2 is 1.60 bits per heavy atom. The third kappa shape index (κ3) is 7.47. The van der Waals surface area contributed by atoms with E-state index < -0.39 is 5.97 Å². The molecule has 0 unspecified atom stereocenters. The molecular weight excluding hydrogens is 546 g/mol. The summed E-state index contributed by atoms with van der Waals surface area (Å²) >= 11 is 1.68. The summed E-state index contributed by atoms with van der Waals surface area (Å²) in [6.07, 6.45) is 2.58. The topological polar surface area (TPSA) is 101 Å². The second-order valence-electron chi connectivity index (χ2n) is 9.79. The molecule has 0 aliphatic rings. The molecule has 0 bridgehead atoms. The highest BCUT2D eigenvalue weighted by molar-refractivity contribution is 7.15. The van der Waals surface area contributed by atoms with Gasteiger partial charge in [-0.05, 0) is 59.9 Å². The zero-order valence-electron chi connectivity index (χ0n) is 23.2. The van der Waals surface area contributed by atoms with Crippen LogP contribution in [-0.2, 0) is 24.2 Å². The number of amides is 1. The minimum absolute atomic E-state index is 0.00179. The van der Waals surface area contributed by atoms with Crippen LogP contribution in [-0.4, -0.2) is 33.6 Å². The number of carboxylic acid groups (broad SMARTS) is 1. The van der Waals surface area contributed by atoms with Crippen molar-refractivity contribution in [2.24, 2.45) is 0 Å². The van der Waals surface area contributed by atoms with Crippen molar-refractivity contribution in [2.45, 2.75) is 32.7 Å². The van der Waals surface area contributed by atoms with Crippen LogP contribution in [0.15, 0.2) is 97.2 Å². The van der Waals surface area contributed by atoms with Crippen molar-refractivity contribution in [3.8, 4) is 27.4 Å². The fraction of sp³-hybridized carbons (Fsp3) is 0.176. The van der Waals surface area contributed by atoms with E-state index in [1.54, 1.807) is 35.7 Å². The molecule has 42 heavy (non-hydrogen) atoms. The maximum Gasteiger partial charge on any atom is 0.303 e. The molecular formula is C34H31N3O4S. The molecule has 8 heteroatoms. The molecule has 0 aliphatic heterocycles. The number of ether oxygens (including phenoxy) is 1. The molecule has 0 saturated heterocycles. The number of nitrogens with zero attached hydrogens (tertiary/aromatic N) is 2. The first-order valence-corrected chi connectivity index (χ1v) is 14.6. The summed E-state index contributed by atoms with van der Waals surface area (Å²) in [4.78, 5) is 33.8. The lowest BCUT2D eigenvalue weighted by atomic mass is 10.0. The normalized spacial score (nSPS) is 10.8. The van der Waals surface area contributed by atoms with Crippen molar-refractivity contribution in [1.82, 2.24) is 15.3 Å². The van der Waals surface area contributed by atoms with Gasteiger partial charge in [-0.1, -0.05) is 66.7 Å². The highest BCUT2D eigenvalue weighted by Gasteiger charge is 2.13. The van der Waals surface area contributed by atoms with Gasteiger partial charge in [0.15, 0.2) is 0 Å². The van der Waals surface area contributed by atoms with Gasteiger partial charge in [-0.3, -0.25) is 14.6 Å². The Hall–Kier alpha value is -4.82. The summed E-state index contributed by atoms with van der Waals surface area (Å²) in [7, 11) is 0. The van der Waals surface area contributed by atoms with Gasteiger partial charge in [0.05, 0.1) is 12.3 Å². The summed E-state index contributed by atoms with van der Waals surface area (Å²) in [5, 5.41) is 13.0. The van der Waals surface area contributed by atoms with Gasteiger partial charge in [-0.2, -0.15) is 0 Å². The first-order chi connectivity index (χ1) is 20.5. The van der Waals surface area contributed by atoms with E-state index in [0.29, 0.717) is 30.9 Å². The Morgan fingerprint density at radius 3 is 2.33 bits per heavy atom. The smallest absolute Gasteiger partial charge is 0.303 e. The number of aryl methyl sites for hydroxylation is 2. The molecule has 0 aliphatic carbocycles. The van der Waals surface area contributed by atoms with Crippen molar-refractivity contribution >= 4 is 23.2 Å². The van der Waals surface area contributed by atoms with E-state index >= 15 is 0 Å². The molecule has 0 atom stereocenters. The zero-order chi connectivity index (χ0) is 29.3. The van der Waals surface area contributed by atoms with Crippen LogP contribution in [0.1, 0.15) is 38.6 Å². The Bertz CT molecular complexity index is 1650. The Balaban J connectivity index is 1.22. The van der Waals surface area contributed by atoms with Crippen LogP contribution < -0.4 is 10.1 Å². The van der Waals surface area contributed by atoms with E-state index in [9.17, 15) is 9.59 Å². The predicted octanol–water partition coefficient (Wildman–Crippen LogP) is 6.75. The number of rotatable bonds is 12. The largest absolute Gasteiger partial charge is 0.493 e. The number of hydrogen-bond donors (Lipinski definition) is 2. The minimum Gasteiger partial charge on any atom is -0.493 e. The van der Waals surface area contributed by atoms with Crippen molar-refractivity contribution < 1.29 is 19.4 Å². The van der Waals surface area contributed by atoms with Gasteiger partial charge in [0.1, 0.15) is 16.5 Å². The summed E-state index contributed by atoms with van der Waals surface area (Å²) in [5.41, 5.74) is 6.43. The summed E-state index contributed by atoms with van der Waals surface area (Å²) in [6.45, 7) is 2.75. The molecule has 0 radical (unpaired) electrons. The lowest BCUT2D eigenvalue weighted by Gasteiger charge is -2.13. The molecule has 5 rings (SSSR count). The van der Waals surface area contributed by atoms with Gasteiger partial charge in [-0.25, -0.2) is 4.98 Å². The van der Waals surface area contributed by atoms with Crippen LogP contribution in [0.2, 0.25) is 0 Å². The molecule has 0 saturated carbocycles. The number of carbonyl (C=O) groups excluding carboxylic acids is 1. The van der Waals surface area contributed by atoms with Crippen molar-refractivity contribution in [3.63, 3.8) is 0 Å². The number of aromatic nitrogens is 2. The summed E-state index contributed by atoms with van der Waals surface area (Å²) in [5.74, 6) is -0.514. The molecule has 0 spiro atoms. The second kappa shape index (κ2) is 13.7. The minimum atomic E-state index is -0.871. The van der Waals surface area contributed by atoms with E-state index in [-0.39, 0.29) is 18.9 Å². The Kier molecular flexibility index (Phi) is 9.36. The van der Waals surface area contributed by atoms with Crippen LogP contribution in [0, 0.1) is 6.92 Å². The molecule has 5 aromatic rings. The number of nitrogens with one attached hydrogen (secondary N) is 1. The van der Waals surface area contributed by atoms with E-state index in [0.717, 1.165) is 32.3 Å². The van der Waals surface area contributed by atoms with Crippen LogP contribution in [0.25, 0.3) is 21.7 Å². The molecule has 2 aromatic heterocycles. The van der Waals surface area contributed by atoms with Crippen molar-refractivity contribution in [3.05, 3.63) is 125 Å². The lowest BCUT2D eigenvalue weighted by Crippen LogP contribution is -2.24. The number of pyridine rings is 1. The van der Waals surface area contributed by atoms with Gasteiger partial charge in [-0.15, -0.1) is 11.3 Å². The van der Waals surface area contributed by atoms with E-state index in [1.807, 2.05) is 36.4 Å². The maximum atomic E-state index is 12.5. The molecule has 7 nitrogen and oxygen atoms in total. The van der Waals surface area contributed by atoms with Gasteiger partial charge in [0.2, 0.25) is 0 Å². The fourth-order valence-electron chi connectivity index (χ4n) is 4.59. The quantitative estimate of drug-likeness (QED) is 0.170. The van der Waals surface area contributed by atoms with Crippen LogP contribution in [0.4, 0.5) is 0 Å². The first kappa shape index (κ1) is 28.7. The number of benzene rings is 3. The van der Waals surface area contributed by atoms with E-state index in [4.69, 9.17) is 14.8 Å². The number of carboxylic acids is 1. The Labute approximate surface area is 248 Å². The molecule has 3 aromatic carbocycles. The number of carbonyl (C=O) groups is 2. The number of aliphatic carboxylic acids is 1. The average molecular weight is 578 g/mol. The van der Waals surface area contributed by atoms with Crippen molar-refractivity contribution in [2.75, 3.05) is 6.61 Å².